The van der Waals surface area contributed by atoms with Gasteiger partial charge < -0.3 is 5.11 Å². The van der Waals surface area contributed by atoms with Gasteiger partial charge in [0.1, 0.15) is 5.75 Å². The van der Waals surface area contributed by atoms with Crippen LogP contribution < -0.4 is 0 Å². The van der Waals surface area contributed by atoms with Gasteiger partial charge in [-0.3, -0.25) is 0 Å². The minimum atomic E-state index is -0.415. The summed E-state index contributed by atoms with van der Waals surface area (Å²) in [4.78, 5) is 0. The summed E-state index contributed by atoms with van der Waals surface area (Å²) in [7, 11) is 0. The fraction of sp³-hybridized carbons (Fsp3) is 0. The lowest BCUT2D eigenvalue weighted by molar-refractivity contribution is 0.476. The molecule has 0 aliphatic heterocycles. The average molecular weight is 225 g/mol. The first-order chi connectivity index (χ1) is 10.4. The second kappa shape index (κ2) is 3.95. The summed E-state index contributed by atoms with van der Waals surface area (Å²) in [5.74, 6) is 0.0623. The number of aromatic hydroxyl groups is 1. The molecule has 0 fully saturated rings. The highest BCUT2D eigenvalue weighted by molar-refractivity contribution is 5.97. The molecular formula is C16H12O. The molecule has 0 aromatic heterocycles. The molecule has 0 saturated carbocycles. The van der Waals surface area contributed by atoms with E-state index in [1.54, 1.807) is 24.3 Å². The number of hydrogen-bond donors (Lipinski definition) is 1. The van der Waals surface area contributed by atoms with Crippen LogP contribution in [0.1, 0.15) is 6.85 Å². The highest BCUT2D eigenvalue weighted by Crippen LogP contribution is 2.30. The van der Waals surface area contributed by atoms with Gasteiger partial charge in [-0.25, -0.2) is 0 Å². The molecule has 0 atom stereocenters. The van der Waals surface area contributed by atoms with Gasteiger partial charge in [0.15, 0.2) is 0 Å². The number of hydrogen-bond acceptors (Lipinski definition) is 1. The maximum Gasteiger partial charge on any atom is 0.116 e. The predicted molar refractivity (Wildman–Crippen MR) is 71.0 cm³/mol. The number of phenols is 1. The largest absolute Gasteiger partial charge is 0.508 e. The maximum atomic E-state index is 9.70. The van der Waals surface area contributed by atoms with E-state index >= 15 is 0 Å². The van der Waals surface area contributed by atoms with Gasteiger partial charge >= 0.3 is 0 Å². The minimum Gasteiger partial charge on any atom is -0.508 e. The molecular weight excluding hydrogens is 208 g/mol. The summed E-state index contributed by atoms with van der Waals surface area (Å²) in [6.07, 6.45) is 0. The highest BCUT2D eigenvalue weighted by atomic mass is 16.3. The lowest BCUT2D eigenvalue weighted by Gasteiger charge is -2.07. The van der Waals surface area contributed by atoms with Crippen LogP contribution in [0.3, 0.4) is 0 Å². The van der Waals surface area contributed by atoms with Crippen molar-refractivity contribution in [2.75, 3.05) is 0 Å². The van der Waals surface area contributed by atoms with Gasteiger partial charge in [0.05, 0.1) is 6.85 Å². The van der Waals surface area contributed by atoms with Crippen LogP contribution in [0.5, 0.6) is 5.75 Å². The van der Waals surface area contributed by atoms with Gasteiger partial charge in [-0.1, -0.05) is 54.5 Å². The SMILES string of the molecule is [2H]c1c([2H])c([2H])c(-c2cccc3ccc(O)cc23)c([2H])c1[2H]. The quantitative estimate of drug-likeness (QED) is 0.657. The monoisotopic (exact) mass is 225 g/mol. The standard InChI is InChI=1S/C16H12O/c17-14-10-9-13-7-4-8-15(16(13)11-14)12-5-2-1-3-6-12/h1-11,17H/i1D,2D,3D,5D,6D. The molecule has 0 bridgehead atoms. The number of phenolic OH excluding ortho intramolecular Hbond substituents is 1. The maximum absolute atomic E-state index is 9.70. The number of rotatable bonds is 1. The van der Waals surface area contributed by atoms with E-state index in [4.69, 9.17) is 6.85 Å². The third kappa shape index (κ3) is 1.76. The Morgan fingerprint density at radius 3 is 2.59 bits per heavy atom. The van der Waals surface area contributed by atoms with Gasteiger partial charge in [-0.15, -0.1) is 0 Å². The van der Waals surface area contributed by atoms with Crippen LogP contribution in [0.15, 0.2) is 66.6 Å². The normalized spacial score (nSPS) is 14.7. The van der Waals surface area contributed by atoms with Gasteiger partial charge in [-0.2, -0.15) is 0 Å². The van der Waals surface area contributed by atoms with Crippen LogP contribution in [0, 0.1) is 0 Å². The Morgan fingerprint density at radius 2 is 1.76 bits per heavy atom. The number of fused-ring (bicyclic) bond motifs is 1. The topological polar surface area (TPSA) is 20.2 Å². The molecule has 3 aromatic rings. The summed E-state index contributed by atoms with van der Waals surface area (Å²) in [5.41, 5.74) is 0.646. The fourth-order valence-corrected chi connectivity index (χ4v) is 1.86. The van der Waals surface area contributed by atoms with Crippen LogP contribution in [0.25, 0.3) is 21.9 Å². The molecule has 0 aliphatic carbocycles. The molecule has 82 valence electrons. The Hall–Kier alpha value is -2.28. The van der Waals surface area contributed by atoms with Crippen LogP contribution in [0.2, 0.25) is 0 Å². The molecule has 1 N–H and O–H groups in total. The molecule has 1 nitrogen and oxygen atoms in total. The van der Waals surface area contributed by atoms with E-state index in [2.05, 4.69) is 0 Å². The van der Waals surface area contributed by atoms with Crippen LogP contribution in [-0.4, -0.2) is 5.11 Å². The first kappa shape index (κ1) is 5.87. The third-order valence-electron chi connectivity index (χ3n) is 2.64. The molecule has 0 unspecified atom stereocenters. The summed E-state index contributed by atoms with van der Waals surface area (Å²) < 4.78 is 39.3. The third-order valence-corrected chi connectivity index (χ3v) is 2.64. The predicted octanol–water partition coefficient (Wildman–Crippen LogP) is 4.21. The van der Waals surface area contributed by atoms with Crippen molar-refractivity contribution in [2.24, 2.45) is 0 Å². The van der Waals surface area contributed by atoms with E-state index in [-0.39, 0.29) is 35.5 Å². The summed E-state index contributed by atoms with van der Waals surface area (Å²) in [6, 6.07) is 8.45. The van der Waals surface area contributed by atoms with E-state index in [9.17, 15) is 5.11 Å². The van der Waals surface area contributed by atoms with Gasteiger partial charge in [0, 0.05) is 0 Å². The van der Waals surface area contributed by atoms with E-state index in [1.807, 2.05) is 6.07 Å². The zero-order chi connectivity index (χ0) is 16.0. The summed E-state index contributed by atoms with van der Waals surface area (Å²) >= 11 is 0. The molecule has 3 aromatic carbocycles. The van der Waals surface area contributed by atoms with Crippen molar-refractivity contribution >= 4 is 10.8 Å². The molecule has 0 spiro atoms. The Morgan fingerprint density at radius 1 is 0.941 bits per heavy atom. The molecule has 0 aliphatic rings. The molecule has 0 amide bonds. The Balaban J connectivity index is 2.45. The van der Waals surface area contributed by atoms with Crippen molar-refractivity contribution < 1.29 is 12.0 Å². The molecule has 17 heavy (non-hydrogen) atoms. The van der Waals surface area contributed by atoms with E-state index in [0.29, 0.717) is 10.9 Å². The van der Waals surface area contributed by atoms with Gasteiger partial charge in [-0.05, 0) is 34.0 Å². The van der Waals surface area contributed by atoms with Gasteiger partial charge in [0.25, 0.3) is 0 Å². The van der Waals surface area contributed by atoms with Crippen molar-refractivity contribution in [3.63, 3.8) is 0 Å². The Bertz CT molecular complexity index is 876. The van der Waals surface area contributed by atoms with Crippen molar-refractivity contribution in [1.29, 1.82) is 0 Å². The lowest BCUT2D eigenvalue weighted by Crippen LogP contribution is -1.80. The second-order valence-electron chi connectivity index (χ2n) is 3.71. The molecule has 3 rings (SSSR count). The van der Waals surface area contributed by atoms with Crippen molar-refractivity contribution in [3.05, 3.63) is 66.6 Å². The molecule has 0 saturated heterocycles. The molecule has 0 radical (unpaired) electrons. The van der Waals surface area contributed by atoms with Crippen LogP contribution >= 0.6 is 0 Å². The van der Waals surface area contributed by atoms with Crippen LogP contribution in [0.4, 0.5) is 0 Å². The van der Waals surface area contributed by atoms with E-state index in [1.165, 1.54) is 6.07 Å². The number of benzene rings is 3. The van der Waals surface area contributed by atoms with Crippen molar-refractivity contribution in [3.8, 4) is 16.9 Å². The summed E-state index contributed by atoms with van der Waals surface area (Å²) in [5, 5.41) is 11.2. The lowest BCUT2D eigenvalue weighted by atomic mass is 9.98. The molecule has 1 heteroatoms. The minimum absolute atomic E-state index is 0.0623. The zero-order valence-electron chi connectivity index (χ0n) is 13.9. The van der Waals surface area contributed by atoms with Crippen molar-refractivity contribution in [2.45, 2.75) is 0 Å². The Labute approximate surface area is 107 Å². The van der Waals surface area contributed by atoms with E-state index in [0.717, 1.165) is 5.39 Å². The smallest absolute Gasteiger partial charge is 0.116 e. The van der Waals surface area contributed by atoms with Gasteiger partial charge in [0.2, 0.25) is 0 Å². The summed E-state index contributed by atoms with van der Waals surface area (Å²) in [6.45, 7) is 0. The Kier molecular flexibility index (Phi) is 1.36. The first-order valence-corrected chi connectivity index (χ1v) is 5.21. The van der Waals surface area contributed by atoms with E-state index < -0.39 is 6.04 Å². The van der Waals surface area contributed by atoms with Crippen LogP contribution in [-0.2, 0) is 0 Å². The highest BCUT2D eigenvalue weighted by Gasteiger charge is 2.03. The second-order valence-corrected chi connectivity index (χ2v) is 3.71. The van der Waals surface area contributed by atoms with Crippen molar-refractivity contribution in [1.82, 2.24) is 0 Å². The fourth-order valence-electron chi connectivity index (χ4n) is 1.86. The average Bonchev–Trinajstić information content (AvgIpc) is 2.51. The first-order valence-electron chi connectivity index (χ1n) is 7.71. The molecule has 0 heterocycles. The zero-order valence-corrected chi connectivity index (χ0v) is 8.91.